The van der Waals surface area contributed by atoms with Crippen molar-refractivity contribution in [2.75, 3.05) is 66.0 Å². The highest BCUT2D eigenvalue weighted by molar-refractivity contribution is 5.80. The minimum absolute atomic E-state index is 0.0607. The van der Waals surface area contributed by atoms with E-state index >= 15 is 0 Å². The molecule has 3 N–H and O–H groups in total. The summed E-state index contributed by atoms with van der Waals surface area (Å²) in [4.78, 5) is 33.7. The highest BCUT2D eigenvalue weighted by Crippen LogP contribution is 2.16. The van der Waals surface area contributed by atoms with Crippen molar-refractivity contribution in [3.8, 4) is 0 Å². The lowest BCUT2D eigenvalue weighted by molar-refractivity contribution is -0.123. The zero-order valence-electron chi connectivity index (χ0n) is 17.4. The average molecular weight is 397 g/mol. The number of unbranched alkanes of at least 4 members (excludes halogenated alkanes) is 1. The van der Waals surface area contributed by atoms with Crippen molar-refractivity contribution in [1.29, 1.82) is 0 Å². The summed E-state index contributed by atoms with van der Waals surface area (Å²) in [6.07, 6.45) is 3.72. The van der Waals surface area contributed by atoms with Gasteiger partial charge >= 0.3 is 6.09 Å². The van der Waals surface area contributed by atoms with Crippen LogP contribution in [0.25, 0.3) is 0 Å². The Balaban J connectivity index is 1.58. The van der Waals surface area contributed by atoms with E-state index in [1.54, 1.807) is 11.9 Å². The quantitative estimate of drug-likeness (QED) is 0.365. The maximum Gasteiger partial charge on any atom is 0.409 e. The first-order valence-electron chi connectivity index (χ1n) is 10.4. The summed E-state index contributed by atoms with van der Waals surface area (Å²) in [5, 5.41) is 3.43. The number of ether oxygens (including phenoxy) is 1. The number of piperazine rings is 1. The first kappa shape index (κ1) is 22.3. The third kappa shape index (κ3) is 6.85. The van der Waals surface area contributed by atoms with E-state index in [4.69, 9.17) is 10.5 Å². The van der Waals surface area contributed by atoms with E-state index in [1.807, 2.05) is 6.92 Å². The lowest BCUT2D eigenvalue weighted by atomic mass is 9.96. The summed E-state index contributed by atoms with van der Waals surface area (Å²) in [5.74, 6) is 0.801. The van der Waals surface area contributed by atoms with Crippen molar-refractivity contribution in [2.24, 2.45) is 16.6 Å². The van der Waals surface area contributed by atoms with Crippen LogP contribution in [-0.4, -0.2) is 98.7 Å². The number of rotatable bonds is 7. The highest BCUT2D eigenvalue weighted by atomic mass is 16.6. The Bertz CT molecular complexity index is 526. The van der Waals surface area contributed by atoms with E-state index in [2.05, 4.69) is 20.1 Å². The first-order valence-corrected chi connectivity index (χ1v) is 10.4. The van der Waals surface area contributed by atoms with Gasteiger partial charge in [0, 0.05) is 45.7 Å². The number of nitrogens with two attached hydrogens (primary N) is 1. The number of likely N-dealkylation sites (tertiary alicyclic amines) is 1. The summed E-state index contributed by atoms with van der Waals surface area (Å²) in [7, 11) is 1.79. The number of amides is 2. The van der Waals surface area contributed by atoms with E-state index in [1.165, 1.54) is 0 Å². The van der Waals surface area contributed by atoms with Crippen LogP contribution in [0, 0.1) is 5.92 Å². The van der Waals surface area contributed by atoms with Gasteiger partial charge in [0.25, 0.3) is 0 Å². The molecule has 0 bridgehead atoms. The Morgan fingerprint density at radius 1 is 1.07 bits per heavy atom. The number of piperidine rings is 1. The Kier molecular flexibility index (Phi) is 9.33. The molecule has 2 heterocycles. The molecule has 0 aliphatic carbocycles. The molecule has 2 amide bonds. The fourth-order valence-electron chi connectivity index (χ4n) is 3.75. The van der Waals surface area contributed by atoms with Gasteiger partial charge in [0.15, 0.2) is 5.96 Å². The summed E-state index contributed by atoms with van der Waals surface area (Å²) in [6, 6.07) is 0. The molecule has 28 heavy (non-hydrogen) atoms. The molecule has 0 spiro atoms. The van der Waals surface area contributed by atoms with E-state index in [0.717, 1.165) is 70.9 Å². The van der Waals surface area contributed by atoms with E-state index < -0.39 is 0 Å². The number of primary amides is 1. The molecule has 2 aliphatic heterocycles. The fourth-order valence-corrected chi connectivity index (χ4v) is 3.75. The molecule has 160 valence electrons. The Labute approximate surface area is 168 Å². The van der Waals surface area contributed by atoms with E-state index in [9.17, 15) is 9.59 Å². The fraction of sp³-hybridized carbons (Fsp3) is 0.842. The maximum absolute atomic E-state index is 11.8. The predicted octanol–water partition coefficient (Wildman–Crippen LogP) is 0.313. The topological polar surface area (TPSA) is 104 Å². The molecule has 0 aromatic carbocycles. The van der Waals surface area contributed by atoms with Crippen LogP contribution in [0.15, 0.2) is 4.99 Å². The van der Waals surface area contributed by atoms with Crippen molar-refractivity contribution in [3.05, 3.63) is 0 Å². The molecule has 2 rings (SSSR count). The number of nitrogens with one attached hydrogen (secondary N) is 1. The van der Waals surface area contributed by atoms with Crippen molar-refractivity contribution in [2.45, 2.75) is 32.6 Å². The monoisotopic (exact) mass is 396 g/mol. The first-order chi connectivity index (χ1) is 13.5. The molecular formula is C19H36N6O3. The van der Waals surface area contributed by atoms with Gasteiger partial charge in [-0.2, -0.15) is 0 Å². The highest BCUT2D eigenvalue weighted by Gasteiger charge is 2.24. The van der Waals surface area contributed by atoms with Crippen molar-refractivity contribution >= 4 is 18.0 Å². The van der Waals surface area contributed by atoms with E-state index in [0.29, 0.717) is 19.7 Å². The van der Waals surface area contributed by atoms with Gasteiger partial charge in [-0.15, -0.1) is 0 Å². The van der Waals surface area contributed by atoms with Crippen LogP contribution in [0.2, 0.25) is 0 Å². The number of carbonyl (C=O) groups excluding carboxylic acids is 2. The summed E-state index contributed by atoms with van der Waals surface area (Å²) < 4.78 is 5.06. The Hall–Kier alpha value is -2.03. The van der Waals surface area contributed by atoms with Gasteiger partial charge in [-0.25, -0.2) is 4.79 Å². The number of carbonyl (C=O) groups is 2. The van der Waals surface area contributed by atoms with Gasteiger partial charge in [0.05, 0.1) is 6.61 Å². The molecule has 9 heteroatoms. The molecule has 2 aliphatic rings. The smallest absolute Gasteiger partial charge is 0.409 e. The molecule has 0 aromatic heterocycles. The molecule has 2 saturated heterocycles. The van der Waals surface area contributed by atoms with Gasteiger partial charge in [-0.05, 0) is 52.2 Å². The second-order valence-corrected chi connectivity index (χ2v) is 7.37. The van der Waals surface area contributed by atoms with Crippen LogP contribution in [-0.2, 0) is 9.53 Å². The minimum Gasteiger partial charge on any atom is -0.450 e. The minimum atomic E-state index is -0.232. The zero-order chi connectivity index (χ0) is 20.4. The van der Waals surface area contributed by atoms with Crippen LogP contribution < -0.4 is 11.1 Å². The second-order valence-electron chi connectivity index (χ2n) is 7.37. The average Bonchev–Trinajstić information content (AvgIpc) is 2.71. The van der Waals surface area contributed by atoms with Crippen LogP contribution in [0.4, 0.5) is 4.79 Å². The van der Waals surface area contributed by atoms with Crippen LogP contribution in [0.1, 0.15) is 32.6 Å². The van der Waals surface area contributed by atoms with Gasteiger partial charge in [0.2, 0.25) is 5.91 Å². The second kappa shape index (κ2) is 11.7. The van der Waals surface area contributed by atoms with Crippen LogP contribution in [0.5, 0.6) is 0 Å². The maximum atomic E-state index is 11.8. The lowest BCUT2D eigenvalue weighted by Gasteiger charge is -2.35. The molecular weight excluding hydrogens is 360 g/mol. The van der Waals surface area contributed by atoms with Gasteiger partial charge in [-0.1, -0.05) is 0 Å². The lowest BCUT2D eigenvalue weighted by Crippen LogP contribution is -2.54. The zero-order valence-corrected chi connectivity index (χ0v) is 17.4. The SMILES string of the molecule is CCOC(=O)N1CCN(C(=NC)NCCCCN2CCC(C(N)=O)CC2)CC1. The van der Waals surface area contributed by atoms with Crippen LogP contribution >= 0.6 is 0 Å². The summed E-state index contributed by atoms with van der Waals surface area (Å²) in [5.41, 5.74) is 5.38. The third-order valence-corrected chi connectivity index (χ3v) is 5.49. The standard InChI is InChI=1S/C19H36N6O3/c1-3-28-19(27)25-14-12-24(13-15-25)18(21-2)22-8-4-5-9-23-10-6-16(7-11-23)17(20)26/h16H,3-15H2,1-2H3,(H2,20,26)(H,21,22). The molecule has 0 unspecified atom stereocenters. The predicted molar refractivity (Wildman–Crippen MR) is 109 cm³/mol. The molecule has 0 aromatic rings. The van der Waals surface area contributed by atoms with Gasteiger partial charge in [0.1, 0.15) is 0 Å². The molecule has 0 radical (unpaired) electrons. The van der Waals surface area contributed by atoms with Crippen molar-refractivity contribution in [1.82, 2.24) is 20.0 Å². The number of guanidine groups is 1. The normalized spacial score (nSPS) is 19.6. The van der Waals surface area contributed by atoms with Gasteiger partial charge in [-0.3, -0.25) is 9.79 Å². The summed E-state index contributed by atoms with van der Waals surface area (Å²) in [6.45, 7) is 8.92. The van der Waals surface area contributed by atoms with Crippen molar-refractivity contribution in [3.63, 3.8) is 0 Å². The number of hydrogen-bond donors (Lipinski definition) is 2. The molecule has 2 fully saturated rings. The third-order valence-electron chi connectivity index (χ3n) is 5.49. The number of nitrogens with zero attached hydrogens (tertiary/aromatic N) is 4. The molecule has 9 nitrogen and oxygen atoms in total. The largest absolute Gasteiger partial charge is 0.450 e. The van der Waals surface area contributed by atoms with Crippen molar-refractivity contribution < 1.29 is 14.3 Å². The van der Waals surface area contributed by atoms with E-state index in [-0.39, 0.29) is 17.9 Å². The van der Waals surface area contributed by atoms with Crippen LogP contribution in [0.3, 0.4) is 0 Å². The molecule has 0 atom stereocenters. The Morgan fingerprint density at radius 3 is 2.29 bits per heavy atom. The number of aliphatic imine (C=N–C) groups is 1. The molecule has 0 saturated carbocycles. The van der Waals surface area contributed by atoms with Gasteiger partial charge < -0.3 is 30.5 Å². The summed E-state index contributed by atoms with van der Waals surface area (Å²) >= 11 is 0. The Morgan fingerprint density at radius 2 is 1.71 bits per heavy atom. The number of hydrogen-bond acceptors (Lipinski definition) is 5.